The lowest BCUT2D eigenvalue weighted by Gasteiger charge is -2.09. The van der Waals surface area contributed by atoms with Gasteiger partial charge < -0.3 is 9.88 Å². The number of aromatic nitrogens is 2. The van der Waals surface area contributed by atoms with Crippen LogP contribution in [0.4, 0.5) is 0 Å². The summed E-state index contributed by atoms with van der Waals surface area (Å²) in [5.41, 5.74) is 0.0390. The molecule has 0 aliphatic heterocycles. The molecule has 12 heavy (non-hydrogen) atoms. The van der Waals surface area contributed by atoms with E-state index in [0.29, 0.717) is 6.04 Å². The van der Waals surface area contributed by atoms with E-state index in [9.17, 15) is 4.79 Å². The summed E-state index contributed by atoms with van der Waals surface area (Å²) in [5.74, 6) is 0. The van der Waals surface area contributed by atoms with Crippen LogP contribution in [0.2, 0.25) is 0 Å². The predicted molar refractivity (Wildman–Crippen MR) is 48.2 cm³/mol. The zero-order chi connectivity index (χ0) is 9.14. The molecule has 1 unspecified atom stereocenters. The third kappa shape index (κ3) is 1.76. The van der Waals surface area contributed by atoms with Crippen LogP contribution in [-0.4, -0.2) is 22.2 Å². The first kappa shape index (κ1) is 9.06. The highest BCUT2D eigenvalue weighted by Crippen LogP contribution is 1.87. The molecular weight excluding hydrogens is 154 g/mol. The second-order valence-electron chi connectivity index (χ2n) is 3.03. The molecule has 1 aromatic rings. The Hall–Kier alpha value is -1.03. The van der Waals surface area contributed by atoms with E-state index in [-0.39, 0.29) is 5.69 Å². The highest BCUT2D eigenvalue weighted by atomic mass is 16.1. The van der Waals surface area contributed by atoms with Crippen molar-refractivity contribution in [3.05, 3.63) is 22.9 Å². The monoisotopic (exact) mass is 169 g/mol. The molecule has 1 heterocycles. The molecule has 0 aliphatic rings. The van der Waals surface area contributed by atoms with Gasteiger partial charge in [-0.3, -0.25) is 4.57 Å². The lowest BCUT2D eigenvalue weighted by Crippen LogP contribution is -2.32. The summed E-state index contributed by atoms with van der Waals surface area (Å²) in [4.78, 5) is 11.3. The van der Waals surface area contributed by atoms with Crippen LogP contribution in [0.25, 0.3) is 0 Å². The van der Waals surface area contributed by atoms with E-state index in [0.717, 1.165) is 6.54 Å². The molecule has 0 saturated carbocycles. The summed E-state index contributed by atoms with van der Waals surface area (Å²) < 4.78 is 3.27. The minimum absolute atomic E-state index is 0.0390. The fraction of sp³-hybridized carbons (Fsp3) is 0.625. The van der Waals surface area contributed by atoms with Crippen molar-refractivity contribution >= 4 is 0 Å². The number of hydrogen-bond acceptors (Lipinski definition) is 2. The van der Waals surface area contributed by atoms with Gasteiger partial charge in [-0.15, -0.1) is 0 Å². The van der Waals surface area contributed by atoms with Gasteiger partial charge in [0.05, 0.1) is 0 Å². The van der Waals surface area contributed by atoms with E-state index in [1.807, 2.05) is 14.0 Å². The molecule has 1 N–H and O–H groups in total. The van der Waals surface area contributed by atoms with Gasteiger partial charge in [0.1, 0.15) is 0 Å². The number of rotatable bonds is 3. The maximum atomic E-state index is 11.3. The average molecular weight is 169 g/mol. The molecule has 0 radical (unpaired) electrons. The molecule has 0 saturated heterocycles. The Morgan fingerprint density at radius 3 is 2.67 bits per heavy atom. The fourth-order valence-corrected chi connectivity index (χ4v) is 1.04. The molecule has 0 spiro atoms. The topological polar surface area (TPSA) is 39.0 Å². The van der Waals surface area contributed by atoms with Crippen LogP contribution in [0.3, 0.4) is 0 Å². The summed E-state index contributed by atoms with van der Waals surface area (Å²) in [5, 5.41) is 3.08. The minimum Gasteiger partial charge on any atom is -0.315 e. The predicted octanol–water partition coefficient (Wildman–Crippen LogP) is -0.205. The summed E-state index contributed by atoms with van der Waals surface area (Å²) in [6.07, 6.45) is 3.57. The zero-order valence-electron chi connectivity index (χ0n) is 7.74. The first-order valence-electron chi connectivity index (χ1n) is 4.04. The van der Waals surface area contributed by atoms with Gasteiger partial charge in [0.25, 0.3) is 0 Å². The van der Waals surface area contributed by atoms with Crippen LogP contribution in [0.15, 0.2) is 17.2 Å². The summed E-state index contributed by atoms with van der Waals surface area (Å²) >= 11 is 0. The molecule has 0 aromatic carbocycles. The van der Waals surface area contributed by atoms with Crippen molar-refractivity contribution < 1.29 is 0 Å². The van der Waals surface area contributed by atoms with Crippen molar-refractivity contribution in [2.24, 2.45) is 7.05 Å². The van der Waals surface area contributed by atoms with Crippen LogP contribution in [0.5, 0.6) is 0 Å². The first-order chi connectivity index (χ1) is 5.65. The lowest BCUT2D eigenvalue weighted by atomic mass is 10.3. The number of likely N-dealkylation sites (N-methyl/N-ethyl adjacent to an activating group) is 1. The molecule has 0 aliphatic carbocycles. The Kier molecular flexibility index (Phi) is 2.70. The smallest absolute Gasteiger partial charge is 0.315 e. The van der Waals surface area contributed by atoms with Gasteiger partial charge in [0.2, 0.25) is 0 Å². The number of hydrogen-bond donors (Lipinski definition) is 1. The normalized spacial score (nSPS) is 13.2. The average Bonchev–Trinajstić information content (AvgIpc) is 2.36. The Bertz CT molecular complexity index is 299. The van der Waals surface area contributed by atoms with Crippen LogP contribution in [0.1, 0.15) is 6.92 Å². The molecule has 1 aromatic heterocycles. The van der Waals surface area contributed by atoms with E-state index in [4.69, 9.17) is 0 Å². The largest absolute Gasteiger partial charge is 0.327 e. The first-order valence-corrected chi connectivity index (χ1v) is 4.04. The SMILES string of the molecule is CNC(C)Cn1ccn(C)c1=O. The molecule has 1 atom stereocenters. The number of imidazole rings is 1. The highest BCUT2D eigenvalue weighted by molar-refractivity contribution is 4.80. The van der Waals surface area contributed by atoms with E-state index >= 15 is 0 Å². The van der Waals surface area contributed by atoms with Crippen molar-refractivity contribution in [2.75, 3.05) is 7.05 Å². The Morgan fingerprint density at radius 2 is 2.25 bits per heavy atom. The van der Waals surface area contributed by atoms with Gasteiger partial charge >= 0.3 is 5.69 Å². The van der Waals surface area contributed by atoms with Crippen LogP contribution in [-0.2, 0) is 13.6 Å². The minimum atomic E-state index is 0.0390. The molecule has 4 heteroatoms. The van der Waals surface area contributed by atoms with Gasteiger partial charge in [-0.05, 0) is 14.0 Å². The van der Waals surface area contributed by atoms with E-state index < -0.39 is 0 Å². The second kappa shape index (κ2) is 3.58. The van der Waals surface area contributed by atoms with Crippen molar-refractivity contribution in [1.82, 2.24) is 14.5 Å². The van der Waals surface area contributed by atoms with Gasteiger partial charge in [-0.2, -0.15) is 0 Å². The molecular formula is C8H15N3O. The van der Waals surface area contributed by atoms with Crippen molar-refractivity contribution in [1.29, 1.82) is 0 Å². The maximum Gasteiger partial charge on any atom is 0.327 e. The zero-order valence-corrected chi connectivity index (χ0v) is 7.74. The van der Waals surface area contributed by atoms with Gasteiger partial charge in [-0.1, -0.05) is 0 Å². The summed E-state index contributed by atoms with van der Waals surface area (Å²) in [6.45, 7) is 2.76. The maximum absolute atomic E-state index is 11.3. The fourth-order valence-electron chi connectivity index (χ4n) is 1.04. The number of nitrogens with zero attached hydrogens (tertiary/aromatic N) is 2. The van der Waals surface area contributed by atoms with Crippen molar-refractivity contribution in [2.45, 2.75) is 19.5 Å². The molecule has 4 nitrogen and oxygen atoms in total. The van der Waals surface area contributed by atoms with Crippen molar-refractivity contribution in [3.8, 4) is 0 Å². The number of aryl methyl sites for hydroxylation is 1. The van der Waals surface area contributed by atoms with Gasteiger partial charge in [-0.25, -0.2) is 4.79 Å². The van der Waals surface area contributed by atoms with E-state index in [1.165, 1.54) is 0 Å². The standard InChI is InChI=1S/C8H15N3O/c1-7(9-2)6-11-5-4-10(3)8(11)12/h4-5,7,9H,6H2,1-3H3. The molecule has 0 fully saturated rings. The number of nitrogens with one attached hydrogen (secondary N) is 1. The second-order valence-corrected chi connectivity index (χ2v) is 3.03. The van der Waals surface area contributed by atoms with Crippen LogP contribution < -0.4 is 11.0 Å². The van der Waals surface area contributed by atoms with E-state index in [1.54, 1.807) is 28.6 Å². The molecule has 68 valence electrons. The third-order valence-corrected chi connectivity index (χ3v) is 1.98. The quantitative estimate of drug-likeness (QED) is 0.680. The molecule has 0 amide bonds. The highest BCUT2D eigenvalue weighted by Gasteiger charge is 2.02. The van der Waals surface area contributed by atoms with Crippen LogP contribution >= 0.6 is 0 Å². The van der Waals surface area contributed by atoms with Crippen molar-refractivity contribution in [3.63, 3.8) is 0 Å². The summed E-state index contributed by atoms with van der Waals surface area (Å²) in [7, 11) is 3.64. The Labute approximate surface area is 71.8 Å². The Balaban J connectivity index is 2.76. The lowest BCUT2D eigenvalue weighted by molar-refractivity contribution is 0.501. The third-order valence-electron chi connectivity index (χ3n) is 1.98. The summed E-state index contributed by atoms with van der Waals surface area (Å²) in [6, 6.07) is 0.324. The molecule has 0 bridgehead atoms. The van der Waals surface area contributed by atoms with E-state index in [2.05, 4.69) is 5.32 Å². The molecule has 1 rings (SSSR count). The van der Waals surface area contributed by atoms with Crippen LogP contribution in [0, 0.1) is 0 Å². The Morgan fingerprint density at radius 1 is 1.58 bits per heavy atom. The van der Waals surface area contributed by atoms with Gasteiger partial charge in [0, 0.05) is 32.0 Å². The van der Waals surface area contributed by atoms with Gasteiger partial charge in [0.15, 0.2) is 0 Å².